The molecule has 2 aromatic heterocycles. The molecule has 1 aliphatic heterocycles. The first-order valence-electron chi connectivity index (χ1n) is 22.4. The molecule has 1 aliphatic rings. The van der Waals surface area contributed by atoms with Gasteiger partial charge in [0.05, 0.1) is 0 Å². The summed E-state index contributed by atoms with van der Waals surface area (Å²) >= 11 is 0. The molecule has 10 aromatic rings. The number of ether oxygens (including phenoxy) is 1. The third kappa shape index (κ3) is 7.99. The van der Waals surface area contributed by atoms with Gasteiger partial charge < -0.3 is 19.1 Å². The largest absolute Gasteiger partial charge is 0.509 e. The maximum absolute atomic E-state index is 6.64. The average Bonchev–Trinajstić information content (AvgIpc) is 3.88. The van der Waals surface area contributed by atoms with Gasteiger partial charge in [-0.05, 0) is 124 Å². The van der Waals surface area contributed by atoms with Crippen LogP contribution in [0.25, 0.3) is 61.0 Å². The minimum Gasteiger partial charge on any atom is -0.509 e. The van der Waals surface area contributed by atoms with Gasteiger partial charge in [0.1, 0.15) is 5.82 Å². The molecule has 326 valence electrons. The van der Waals surface area contributed by atoms with Gasteiger partial charge >= 0.3 is 0 Å². The van der Waals surface area contributed by atoms with Gasteiger partial charge in [0.25, 0.3) is 0 Å². The predicted octanol–water partition coefficient (Wildman–Crippen LogP) is 15.8. The minimum atomic E-state index is 0. The van der Waals surface area contributed by atoms with Crippen LogP contribution in [0, 0.1) is 38.6 Å². The van der Waals surface area contributed by atoms with Crippen LogP contribution < -0.4 is 14.5 Å². The molecule has 6 heteroatoms. The van der Waals surface area contributed by atoms with Crippen LogP contribution in [-0.2, 0) is 27.5 Å². The van der Waals surface area contributed by atoms with E-state index in [4.69, 9.17) is 9.72 Å². The minimum absolute atomic E-state index is 0. The van der Waals surface area contributed by atoms with Gasteiger partial charge in [-0.1, -0.05) is 129 Å². The molecule has 0 aliphatic carbocycles. The molecule has 0 amide bonds. The quantitative estimate of drug-likeness (QED) is 0.128. The molecule has 0 bridgehead atoms. The van der Waals surface area contributed by atoms with E-state index in [1.165, 1.54) is 44.5 Å². The molecule has 3 heterocycles. The Balaban J connectivity index is 0.00000511. The summed E-state index contributed by atoms with van der Waals surface area (Å²) in [5.41, 5.74) is 17.1. The van der Waals surface area contributed by atoms with E-state index < -0.39 is 0 Å². The topological polar surface area (TPSA) is 33.5 Å². The standard InChI is InChI=1S/C60H47N4O.Pt/c1-40(2)32-43-16-14-19-47(35-43)62-39-63(57-27-13-12-26-56(57)62)48-20-15-21-49(37-48)65-50-28-29-54-53-24-10-11-25-55(53)64(58(54)38-50)59-36-45(30-31-61-59)60-41(3)33-46(34-42(60)4)52-23-9-8-22-51(52)44-17-6-5-7-18-44;/h5-31,33-36,39-40H,32H2,1-4H3;/q-3;. The molecule has 0 saturated carbocycles. The fraction of sp³-hybridized carbons (Fsp3) is 0.100. The van der Waals surface area contributed by atoms with Crippen molar-refractivity contribution in [3.05, 3.63) is 224 Å². The van der Waals surface area contributed by atoms with Crippen LogP contribution in [0.4, 0.5) is 22.7 Å². The molecule has 0 spiro atoms. The number of hydrogen-bond donors (Lipinski definition) is 0. The molecule has 8 aromatic carbocycles. The monoisotopic (exact) mass is 1030 g/mol. The molecule has 0 N–H and O–H groups in total. The van der Waals surface area contributed by atoms with Gasteiger partial charge in [-0.15, -0.1) is 48.1 Å². The van der Waals surface area contributed by atoms with Crippen molar-refractivity contribution in [2.75, 3.05) is 9.80 Å². The van der Waals surface area contributed by atoms with Gasteiger partial charge in [0, 0.05) is 61.3 Å². The Morgan fingerprint density at radius 3 is 2.05 bits per heavy atom. The number of nitrogens with zero attached hydrogens (tertiary/aromatic N) is 4. The average molecular weight is 1040 g/mol. The first-order valence-corrected chi connectivity index (χ1v) is 22.4. The van der Waals surface area contributed by atoms with E-state index >= 15 is 0 Å². The molecule has 0 radical (unpaired) electrons. The first-order chi connectivity index (χ1) is 31.9. The molecular weight excluding hydrogens is 988 g/mol. The van der Waals surface area contributed by atoms with E-state index in [-0.39, 0.29) is 21.1 Å². The van der Waals surface area contributed by atoms with Crippen molar-refractivity contribution in [3.63, 3.8) is 0 Å². The van der Waals surface area contributed by atoms with E-state index in [0.29, 0.717) is 17.4 Å². The Morgan fingerprint density at radius 1 is 0.576 bits per heavy atom. The number of fused-ring (bicyclic) bond motifs is 4. The molecule has 0 saturated heterocycles. The van der Waals surface area contributed by atoms with Gasteiger partial charge in [0.15, 0.2) is 0 Å². The fourth-order valence-corrected chi connectivity index (χ4v) is 9.62. The van der Waals surface area contributed by atoms with Gasteiger partial charge in [-0.3, -0.25) is 0 Å². The van der Waals surface area contributed by atoms with Crippen LogP contribution in [0.2, 0.25) is 0 Å². The SMILES string of the molecule is Cc1cc(-c2ccccc2-c2ccccc2)cc(C)c1-c1ccnc(-n2c3[c-]c(Oc4[c-]c(N5[CH-]N(c6cccc(CC(C)C)c6)c6ccccc65)ccc4)ccc3c3ccccc32)c1.[Pt]. The van der Waals surface area contributed by atoms with E-state index in [0.717, 1.165) is 62.4 Å². The summed E-state index contributed by atoms with van der Waals surface area (Å²) in [5, 5.41) is 2.20. The summed E-state index contributed by atoms with van der Waals surface area (Å²) in [7, 11) is 0. The van der Waals surface area contributed by atoms with Gasteiger partial charge in [-0.2, -0.15) is 12.1 Å². The van der Waals surface area contributed by atoms with E-state index in [2.05, 4.69) is 225 Å². The molecular formula is C60H47N4OPt-3. The number of rotatable bonds is 10. The predicted molar refractivity (Wildman–Crippen MR) is 269 cm³/mol. The Labute approximate surface area is 401 Å². The number of aryl methyl sites for hydroxylation is 2. The Morgan fingerprint density at radius 2 is 1.26 bits per heavy atom. The molecule has 66 heavy (non-hydrogen) atoms. The Bertz CT molecular complexity index is 3370. The second kappa shape index (κ2) is 18.0. The molecule has 0 fully saturated rings. The van der Waals surface area contributed by atoms with Crippen LogP contribution in [-0.4, -0.2) is 9.55 Å². The van der Waals surface area contributed by atoms with Crippen LogP contribution in [0.15, 0.2) is 188 Å². The van der Waals surface area contributed by atoms with Crippen molar-refractivity contribution in [1.29, 1.82) is 0 Å². The molecule has 0 atom stereocenters. The van der Waals surface area contributed by atoms with Crippen molar-refractivity contribution in [3.8, 4) is 50.7 Å². The smallest absolute Gasteiger partial charge is 0.136 e. The summed E-state index contributed by atoms with van der Waals surface area (Å²) in [6.07, 6.45) is 2.95. The number of benzene rings is 8. The zero-order chi connectivity index (χ0) is 44.0. The second-order valence-electron chi connectivity index (χ2n) is 17.4. The maximum Gasteiger partial charge on any atom is 0.136 e. The summed E-state index contributed by atoms with van der Waals surface area (Å²) in [4.78, 5) is 9.43. The van der Waals surface area contributed by atoms with Crippen molar-refractivity contribution in [2.45, 2.75) is 34.1 Å². The number of pyridine rings is 1. The Hall–Kier alpha value is -7.20. The van der Waals surface area contributed by atoms with Crippen LogP contribution >= 0.6 is 0 Å². The molecule has 11 rings (SSSR count). The molecule has 0 unspecified atom stereocenters. The van der Waals surface area contributed by atoms with E-state index in [1.54, 1.807) is 0 Å². The number of para-hydroxylation sites is 3. The Kier molecular flexibility index (Phi) is 11.6. The normalized spacial score (nSPS) is 12.2. The fourth-order valence-electron chi connectivity index (χ4n) is 9.62. The van der Waals surface area contributed by atoms with Crippen LogP contribution in [0.3, 0.4) is 0 Å². The van der Waals surface area contributed by atoms with Gasteiger partial charge in [0.2, 0.25) is 0 Å². The zero-order valence-corrected chi connectivity index (χ0v) is 39.5. The third-order valence-electron chi connectivity index (χ3n) is 12.4. The number of anilines is 4. The van der Waals surface area contributed by atoms with Crippen molar-refractivity contribution < 1.29 is 25.8 Å². The first kappa shape index (κ1) is 42.7. The van der Waals surface area contributed by atoms with Crippen LogP contribution in [0.5, 0.6) is 11.5 Å². The summed E-state index contributed by atoms with van der Waals surface area (Å²) in [5.74, 6) is 2.59. The summed E-state index contributed by atoms with van der Waals surface area (Å²) in [6.45, 7) is 11.1. The molecule has 5 nitrogen and oxygen atoms in total. The van der Waals surface area contributed by atoms with Crippen LogP contribution in [0.1, 0.15) is 30.5 Å². The summed E-state index contributed by atoms with van der Waals surface area (Å²) < 4.78 is 8.84. The maximum atomic E-state index is 6.64. The van der Waals surface area contributed by atoms with Gasteiger partial charge in [-0.25, -0.2) is 4.98 Å². The zero-order valence-electron chi connectivity index (χ0n) is 37.3. The number of hydrogen-bond acceptors (Lipinski definition) is 4. The third-order valence-corrected chi connectivity index (χ3v) is 12.4. The van der Waals surface area contributed by atoms with Crippen molar-refractivity contribution in [2.24, 2.45) is 5.92 Å². The van der Waals surface area contributed by atoms with E-state index in [1.807, 2.05) is 24.4 Å². The van der Waals surface area contributed by atoms with Crippen molar-refractivity contribution in [1.82, 2.24) is 9.55 Å². The van der Waals surface area contributed by atoms with Crippen molar-refractivity contribution >= 4 is 44.6 Å². The second-order valence-corrected chi connectivity index (χ2v) is 17.4. The van der Waals surface area contributed by atoms with E-state index in [9.17, 15) is 0 Å². The summed E-state index contributed by atoms with van der Waals surface area (Å²) in [6, 6.07) is 71.5. The number of aromatic nitrogens is 2.